The van der Waals surface area contributed by atoms with Gasteiger partial charge in [0.2, 0.25) is 5.16 Å². The second-order valence-electron chi connectivity index (χ2n) is 4.57. The average Bonchev–Trinajstić information content (AvgIpc) is 3.12. The van der Waals surface area contributed by atoms with Crippen LogP contribution in [0.15, 0.2) is 54.9 Å². The third-order valence-electron chi connectivity index (χ3n) is 3.11. The molecular formula is C14H8Br2N4S2. The fourth-order valence-corrected chi connectivity index (χ4v) is 4.81. The lowest BCUT2D eigenvalue weighted by molar-refractivity contribution is 0.763. The van der Waals surface area contributed by atoms with Gasteiger partial charge in [-0.25, -0.2) is 0 Å². The molecule has 0 saturated heterocycles. The van der Waals surface area contributed by atoms with Crippen LogP contribution in [0, 0.1) is 0 Å². The normalized spacial score (nSPS) is 13.8. The van der Waals surface area contributed by atoms with Crippen LogP contribution in [-0.4, -0.2) is 26.3 Å². The van der Waals surface area contributed by atoms with E-state index in [2.05, 4.69) is 48.1 Å². The quantitative estimate of drug-likeness (QED) is 0.552. The number of thioether (sulfide) groups is 1. The van der Waals surface area contributed by atoms with E-state index in [9.17, 15) is 0 Å². The largest absolute Gasteiger partial charge is 0.212 e. The van der Waals surface area contributed by atoms with Gasteiger partial charge in [0.25, 0.3) is 0 Å². The number of halogens is 2. The van der Waals surface area contributed by atoms with Crippen LogP contribution in [0.25, 0.3) is 11.4 Å². The summed E-state index contributed by atoms with van der Waals surface area (Å²) in [4.78, 5) is 1.17. The molecule has 0 N–H and O–H groups in total. The molecule has 4 nitrogen and oxygen atoms in total. The maximum absolute atomic E-state index is 4.76. The van der Waals surface area contributed by atoms with E-state index in [0.29, 0.717) is 0 Å². The van der Waals surface area contributed by atoms with Crippen molar-refractivity contribution in [2.24, 2.45) is 5.10 Å². The van der Waals surface area contributed by atoms with Crippen LogP contribution < -0.4 is 0 Å². The predicted octanol–water partition coefficient (Wildman–Crippen LogP) is 4.89. The van der Waals surface area contributed by atoms with Crippen molar-refractivity contribution in [1.82, 2.24) is 14.9 Å². The predicted molar refractivity (Wildman–Crippen MR) is 97.8 cm³/mol. The third kappa shape index (κ3) is 2.68. The summed E-state index contributed by atoms with van der Waals surface area (Å²) in [6.45, 7) is 0. The van der Waals surface area contributed by atoms with E-state index in [1.165, 1.54) is 4.88 Å². The van der Waals surface area contributed by atoms with Crippen molar-refractivity contribution in [2.45, 2.75) is 5.16 Å². The van der Waals surface area contributed by atoms with Gasteiger partial charge in [-0.2, -0.15) is 9.78 Å². The van der Waals surface area contributed by atoms with Crippen LogP contribution in [0.2, 0.25) is 0 Å². The molecule has 2 aromatic heterocycles. The molecule has 0 spiro atoms. The fourth-order valence-electron chi connectivity index (χ4n) is 2.13. The van der Waals surface area contributed by atoms with Crippen molar-refractivity contribution in [2.75, 3.05) is 5.75 Å². The first-order valence-corrected chi connectivity index (χ1v) is 9.77. The summed E-state index contributed by atoms with van der Waals surface area (Å²) in [6.07, 6.45) is 0. The molecule has 22 heavy (non-hydrogen) atoms. The van der Waals surface area contributed by atoms with Crippen molar-refractivity contribution >= 4 is 60.7 Å². The second kappa shape index (κ2) is 5.92. The van der Waals surface area contributed by atoms with Crippen LogP contribution in [0.1, 0.15) is 4.88 Å². The monoisotopic (exact) mass is 454 g/mol. The maximum atomic E-state index is 4.76. The minimum atomic E-state index is 0.761. The summed E-state index contributed by atoms with van der Waals surface area (Å²) < 4.78 is 3.95. The molecule has 1 aromatic carbocycles. The first-order valence-electron chi connectivity index (χ1n) is 6.38. The molecule has 3 heterocycles. The molecular weight excluding hydrogens is 448 g/mol. The Balaban J connectivity index is 1.81. The standard InChI is InChI=1S/C14H8Br2N4S2/c15-9-3-1-2-8(6-9)13-17-18-14-20(13)19-10(7-21-14)11-4-5-12(16)22-11/h1-6H,7H2. The van der Waals surface area contributed by atoms with Gasteiger partial charge in [0.1, 0.15) is 0 Å². The Morgan fingerprint density at radius 2 is 2.00 bits per heavy atom. The first-order chi connectivity index (χ1) is 10.7. The van der Waals surface area contributed by atoms with Crippen molar-refractivity contribution < 1.29 is 0 Å². The molecule has 3 aromatic rings. The molecule has 1 aliphatic rings. The molecule has 8 heteroatoms. The van der Waals surface area contributed by atoms with E-state index in [4.69, 9.17) is 5.10 Å². The van der Waals surface area contributed by atoms with E-state index >= 15 is 0 Å². The highest BCUT2D eigenvalue weighted by atomic mass is 79.9. The summed E-state index contributed by atoms with van der Waals surface area (Å²) in [5.41, 5.74) is 2.04. The molecule has 0 saturated carbocycles. The van der Waals surface area contributed by atoms with E-state index in [-0.39, 0.29) is 0 Å². The SMILES string of the molecule is Brc1cccc(-c2nnc3n2N=C(c2ccc(Br)s2)CS3)c1. The summed E-state index contributed by atoms with van der Waals surface area (Å²) in [7, 11) is 0. The van der Waals surface area contributed by atoms with Gasteiger partial charge in [-0.15, -0.1) is 21.5 Å². The molecule has 0 unspecified atom stereocenters. The lowest BCUT2D eigenvalue weighted by Crippen LogP contribution is -2.12. The second-order valence-corrected chi connectivity index (χ2v) is 8.89. The van der Waals surface area contributed by atoms with Gasteiger partial charge in [0.05, 0.1) is 14.4 Å². The fraction of sp³-hybridized carbons (Fsp3) is 0.0714. The maximum Gasteiger partial charge on any atom is 0.212 e. The number of benzene rings is 1. The van der Waals surface area contributed by atoms with Crippen LogP contribution >= 0.6 is 55.0 Å². The molecule has 0 aliphatic carbocycles. The molecule has 1 aliphatic heterocycles. The van der Waals surface area contributed by atoms with E-state index in [0.717, 1.165) is 36.3 Å². The zero-order valence-corrected chi connectivity index (χ0v) is 15.8. The number of nitrogens with zero attached hydrogens (tertiary/aromatic N) is 4. The summed E-state index contributed by atoms with van der Waals surface area (Å²) in [6, 6.07) is 12.1. The van der Waals surface area contributed by atoms with Gasteiger partial charge in [0, 0.05) is 15.8 Å². The Morgan fingerprint density at radius 3 is 2.77 bits per heavy atom. The van der Waals surface area contributed by atoms with E-state index in [1.807, 2.05) is 35.0 Å². The number of thiophene rings is 1. The van der Waals surface area contributed by atoms with Crippen molar-refractivity contribution in [3.63, 3.8) is 0 Å². The van der Waals surface area contributed by atoms with E-state index < -0.39 is 0 Å². The Labute approximate surface area is 151 Å². The minimum Gasteiger partial charge on any atom is -0.186 e. The lowest BCUT2D eigenvalue weighted by atomic mass is 10.2. The van der Waals surface area contributed by atoms with Crippen molar-refractivity contribution in [3.05, 3.63) is 49.5 Å². The van der Waals surface area contributed by atoms with Crippen molar-refractivity contribution in [1.29, 1.82) is 0 Å². The Hall–Kier alpha value is -0.960. The lowest BCUT2D eigenvalue weighted by Gasteiger charge is -2.12. The number of aromatic nitrogens is 3. The molecule has 0 bridgehead atoms. The molecule has 110 valence electrons. The van der Waals surface area contributed by atoms with Crippen LogP contribution in [-0.2, 0) is 0 Å². The Morgan fingerprint density at radius 1 is 1.09 bits per heavy atom. The average molecular weight is 456 g/mol. The first kappa shape index (κ1) is 14.6. The van der Waals surface area contributed by atoms with Gasteiger partial charge >= 0.3 is 0 Å². The molecule has 0 radical (unpaired) electrons. The van der Waals surface area contributed by atoms with Crippen LogP contribution in [0.4, 0.5) is 0 Å². The zero-order chi connectivity index (χ0) is 15.1. The minimum absolute atomic E-state index is 0.761. The highest BCUT2D eigenvalue weighted by Crippen LogP contribution is 2.31. The van der Waals surface area contributed by atoms with Crippen molar-refractivity contribution in [3.8, 4) is 11.4 Å². The molecule has 0 atom stereocenters. The Kier molecular flexibility index (Phi) is 3.93. The molecule has 0 amide bonds. The highest BCUT2D eigenvalue weighted by Gasteiger charge is 2.21. The molecule has 4 rings (SSSR count). The van der Waals surface area contributed by atoms with Gasteiger partial charge in [-0.1, -0.05) is 39.8 Å². The van der Waals surface area contributed by atoms with Crippen LogP contribution in [0.5, 0.6) is 0 Å². The van der Waals surface area contributed by atoms with E-state index in [1.54, 1.807) is 23.1 Å². The highest BCUT2D eigenvalue weighted by molar-refractivity contribution is 9.11. The summed E-state index contributed by atoms with van der Waals surface area (Å²) in [5.74, 6) is 1.57. The zero-order valence-electron chi connectivity index (χ0n) is 11.0. The number of rotatable bonds is 2. The van der Waals surface area contributed by atoms with Gasteiger partial charge in [-0.05, 0) is 40.2 Å². The smallest absolute Gasteiger partial charge is 0.186 e. The topological polar surface area (TPSA) is 43.1 Å². The number of hydrogen-bond donors (Lipinski definition) is 0. The third-order valence-corrected chi connectivity index (χ3v) is 6.21. The summed E-state index contributed by atoms with van der Waals surface area (Å²) >= 11 is 10.3. The molecule has 0 fully saturated rings. The van der Waals surface area contributed by atoms with Gasteiger partial charge in [-0.3, -0.25) is 0 Å². The van der Waals surface area contributed by atoms with Crippen LogP contribution in [0.3, 0.4) is 0 Å². The van der Waals surface area contributed by atoms with Gasteiger partial charge < -0.3 is 0 Å². The Bertz CT molecular complexity index is 885. The number of hydrogen-bond acceptors (Lipinski definition) is 5. The number of fused-ring (bicyclic) bond motifs is 1. The van der Waals surface area contributed by atoms with Gasteiger partial charge in [0.15, 0.2) is 5.82 Å². The summed E-state index contributed by atoms with van der Waals surface area (Å²) in [5, 5.41) is 14.1.